The Bertz CT molecular complexity index is 404. The zero-order valence-electron chi connectivity index (χ0n) is 9.51. The molecule has 0 fully saturated rings. The molecule has 1 aromatic carbocycles. The van der Waals surface area contributed by atoms with E-state index in [1.54, 1.807) is 0 Å². The summed E-state index contributed by atoms with van der Waals surface area (Å²) in [6, 6.07) is 0.895. The molecule has 0 spiro atoms. The molecule has 0 bridgehead atoms. The average Bonchev–Trinajstić information content (AvgIpc) is 2.27. The van der Waals surface area contributed by atoms with Crippen molar-refractivity contribution in [2.24, 2.45) is 5.73 Å². The smallest absolute Gasteiger partial charge is 0.257 e. The zero-order valence-corrected chi connectivity index (χ0v) is 9.51. The number of rotatable bonds is 6. The van der Waals surface area contributed by atoms with Crippen molar-refractivity contribution in [1.29, 1.82) is 0 Å². The number of nitrogens with two attached hydrogens (primary N) is 1. The van der Waals surface area contributed by atoms with Crippen LogP contribution in [0.2, 0.25) is 0 Å². The van der Waals surface area contributed by atoms with Gasteiger partial charge in [-0.2, -0.15) is 0 Å². The van der Waals surface area contributed by atoms with E-state index in [4.69, 9.17) is 10.5 Å². The maximum atomic E-state index is 13.2. The van der Waals surface area contributed by atoms with E-state index in [9.17, 15) is 18.0 Å². The van der Waals surface area contributed by atoms with Gasteiger partial charge in [-0.05, 0) is 0 Å². The van der Waals surface area contributed by atoms with Crippen molar-refractivity contribution in [3.63, 3.8) is 0 Å². The Kier molecular flexibility index (Phi) is 5.60. The van der Waals surface area contributed by atoms with Crippen LogP contribution >= 0.6 is 0 Å². The zero-order chi connectivity index (χ0) is 13.5. The molecule has 0 aliphatic carbocycles. The number of ether oxygens (including phenoxy) is 1. The number of nitrogens with one attached hydrogen (secondary N) is 1. The van der Waals surface area contributed by atoms with Crippen molar-refractivity contribution < 1.29 is 22.7 Å². The molecule has 0 aliphatic rings. The van der Waals surface area contributed by atoms with Crippen LogP contribution in [0.15, 0.2) is 12.1 Å². The van der Waals surface area contributed by atoms with Gasteiger partial charge in [0.2, 0.25) is 0 Å². The van der Waals surface area contributed by atoms with E-state index >= 15 is 0 Å². The number of benzene rings is 1. The van der Waals surface area contributed by atoms with Gasteiger partial charge < -0.3 is 15.8 Å². The van der Waals surface area contributed by atoms with Crippen LogP contribution in [-0.4, -0.2) is 32.2 Å². The first-order valence-electron chi connectivity index (χ1n) is 5.26. The predicted octanol–water partition coefficient (Wildman–Crippen LogP) is 0.809. The highest BCUT2D eigenvalue weighted by molar-refractivity contribution is 5.94. The van der Waals surface area contributed by atoms with Crippen LogP contribution in [0, 0.1) is 17.5 Å². The van der Waals surface area contributed by atoms with Gasteiger partial charge >= 0.3 is 0 Å². The molecule has 18 heavy (non-hydrogen) atoms. The maximum absolute atomic E-state index is 13.2. The Morgan fingerprint density at radius 2 is 1.83 bits per heavy atom. The van der Waals surface area contributed by atoms with E-state index in [1.807, 2.05) is 0 Å². The summed E-state index contributed by atoms with van der Waals surface area (Å²) in [7, 11) is 0. The van der Waals surface area contributed by atoms with Gasteiger partial charge in [0.1, 0.15) is 23.0 Å². The summed E-state index contributed by atoms with van der Waals surface area (Å²) in [5, 5.41) is 2.25. The standard InChI is InChI=1S/C11H13F3N2O2/c12-7-5-8(13)10(9(14)6-7)11(17)16-2-4-18-3-1-15/h5-6H,1-4,15H2,(H,16,17). The fourth-order valence-corrected chi connectivity index (χ4v) is 1.27. The van der Waals surface area contributed by atoms with Crippen molar-refractivity contribution in [1.82, 2.24) is 5.32 Å². The summed E-state index contributed by atoms with van der Waals surface area (Å²) in [5.41, 5.74) is 4.36. The fraction of sp³-hybridized carbons (Fsp3) is 0.364. The summed E-state index contributed by atoms with van der Waals surface area (Å²) in [6.45, 7) is 0.923. The van der Waals surface area contributed by atoms with Gasteiger partial charge in [0.05, 0.1) is 13.2 Å². The van der Waals surface area contributed by atoms with Crippen molar-refractivity contribution in [3.05, 3.63) is 35.1 Å². The van der Waals surface area contributed by atoms with Gasteiger partial charge in [-0.3, -0.25) is 4.79 Å². The number of carbonyl (C=O) groups is 1. The van der Waals surface area contributed by atoms with E-state index in [0.29, 0.717) is 25.3 Å². The quantitative estimate of drug-likeness (QED) is 0.746. The molecule has 3 N–H and O–H groups in total. The molecule has 0 aliphatic heterocycles. The summed E-state index contributed by atoms with van der Waals surface area (Å²) in [4.78, 5) is 11.4. The van der Waals surface area contributed by atoms with Gasteiger partial charge in [-0.15, -0.1) is 0 Å². The molecule has 1 rings (SSSR count). The Hall–Kier alpha value is -1.60. The van der Waals surface area contributed by atoms with E-state index < -0.39 is 28.9 Å². The molecular weight excluding hydrogens is 249 g/mol. The number of halogens is 3. The lowest BCUT2D eigenvalue weighted by Crippen LogP contribution is -2.29. The first kappa shape index (κ1) is 14.5. The molecular formula is C11H13F3N2O2. The number of hydrogen-bond donors (Lipinski definition) is 2. The van der Waals surface area contributed by atoms with E-state index in [2.05, 4.69) is 5.32 Å². The summed E-state index contributed by atoms with van der Waals surface area (Å²) >= 11 is 0. The minimum atomic E-state index is -1.24. The molecule has 1 amide bonds. The van der Waals surface area contributed by atoms with Crippen molar-refractivity contribution in [2.45, 2.75) is 0 Å². The Morgan fingerprint density at radius 1 is 1.22 bits per heavy atom. The summed E-state index contributed by atoms with van der Waals surface area (Å²) in [6.07, 6.45) is 0. The first-order chi connectivity index (χ1) is 8.56. The van der Waals surface area contributed by atoms with Crippen LogP contribution in [0.3, 0.4) is 0 Å². The minimum absolute atomic E-state index is 0.0785. The van der Waals surface area contributed by atoms with Crippen LogP contribution in [0.4, 0.5) is 13.2 Å². The predicted molar refractivity (Wildman–Crippen MR) is 58.5 cm³/mol. The largest absolute Gasteiger partial charge is 0.378 e. The minimum Gasteiger partial charge on any atom is -0.378 e. The SMILES string of the molecule is NCCOCCNC(=O)c1c(F)cc(F)cc1F. The second-order valence-electron chi connectivity index (χ2n) is 3.40. The molecule has 0 saturated carbocycles. The molecule has 1 aromatic rings. The van der Waals surface area contributed by atoms with Crippen molar-refractivity contribution >= 4 is 5.91 Å². The van der Waals surface area contributed by atoms with Crippen molar-refractivity contribution in [2.75, 3.05) is 26.3 Å². The summed E-state index contributed by atoms with van der Waals surface area (Å²) < 4.78 is 44.0. The second-order valence-corrected chi connectivity index (χ2v) is 3.40. The van der Waals surface area contributed by atoms with Gasteiger partial charge in [0, 0.05) is 25.2 Å². The van der Waals surface area contributed by atoms with Crippen LogP contribution in [0.1, 0.15) is 10.4 Å². The molecule has 0 aromatic heterocycles. The van der Waals surface area contributed by atoms with E-state index in [0.717, 1.165) is 0 Å². The van der Waals surface area contributed by atoms with Crippen LogP contribution in [0.25, 0.3) is 0 Å². The third-order valence-electron chi connectivity index (χ3n) is 2.03. The van der Waals surface area contributed by atoms with Gasteiger partial charge in [-0.1, -0.05) is 0 Å². The molecule has 100 valence electrons. The molecule has 4 nitrogen and oxygen atoms in total. The normalized spacial score (nSPS) is 10.4. The van der Waals surface area contributed by atoms with Crippen LogP contribution < -0.4 is 11.1 Å². The lowest BCUT2D eigenvalue weighted by atomic mass is 10.2. The van der Waals surface area contributed by atoms with Crippen LogP contribution in [-0.2, 0) is 4.74 Å². The Morgan fingerprint density at radius 3 is 2.39 bits per heavy atom. The second kappa shape index (κ2) is 6.97. The first-order valence-corrected chi connectivity index (χ1v) is 5.26. The molecule has 0 heterocycles. The Balaban J connectivity index is 2.57. The number of amides is 1. The number of hydrogen-bond acceptors (Lipinski definition) is 3. The molecule has 7 heteroatoms. The topological polar surface area (TPSA) is 64.3 Å². The fourth-order valence-electron chi connectivity index (χ4n) is 1.27. The van der Waals surface area contributed by atoms with E-state index in [1.165, 1.54) is 0 Å². The highest BCUT2D eigenvalue weighted by Crippen LogP contribution is 2.14. The lowest BCUT2D eigenvalue weighted by Gasteiger charge is -2.07. The average molecular weight is 262 g/mol. The van der Waals surface area contributed by atoms with Gasteiger partial charge in [0.15, 0.2) is 0 Å². The third-order valence-corrected chi connectivity index (χ3v) is 2.03. The molecule has 0 unspecified atom stereocenters. The highest BCUT2D eigenvalue weighted by Gasteiger charge is 2.18. The lowest BCUT2D eigenvalue weighted by molar-refractivity contribution is 0.0911. The molecule has 0 atom stereocenters. The maximum Gasteiger partial charge on any atom is 0.257 e. The Labute approximate surface area is 102 Å². The van der Waals surface area contributed by atoms with Gasteiger partial charge in [-0.25, -0.2) is 13.2 Å². The third kappa shape index (κ3) is 4.01. The number of carbonyl (C=O) groups excluding carboxylic acids is 1. The monoisotopic (exact) mass is 262 g/mol. The molecule has 0 saturated heterocycles. The summed E-state index contributed by atoms with van der Waals surface area (Å²) in [5.74, 6) is -4.52. The van der Waals surface area contributed by atoms with Crippen LogP contribution in [0.5, 0.6) is 0 Å². The van der Waals surface area contributed by atoms with Gasteiger partial charge in [0.25, 0.3) is 5.91 Å². The van der Waals surface area contributed by atoms with Crippen molar-refractivity contribution in [3.8, 4) is 0 Å². The van der Waals surface area contributed by atoms with E-state index in [-0.39, 0.29) is 13.2 Å². The molecule has 0 radical (unpaired) electrons. The highest BCUT2D eigenvalue weighted by atomic mass is 19.1.